The topological polar surface area (TPSA) is 20.3 Å². The molecule has 0 N–H and O–H groups in total. The molecule has 0 saturated heterocycles. The van der Waals surface area contributed by atoms with Crippen LogP contribution in [0.1, 0.15) is 26.3 Å². The lowest BCUT2D eigenvalue weighted by molar-refractivity contribution is -0.125. The molecule has 0 aromatic heterocycles. The van der Waals surface area contributed by atoms with Gasteiger partial charge in [0.15, 0.2) is 0 Å². The molecule has 2 heteroatoms. The van der Waals surface area contributed by atoms with E-state index in [0.717, 1.165) is 24.2 Å². The summed E-state index contributed by atoms with van der Waals surface area (Å²) in [5.41, 5.74) is 2.11. The smallest absolute Gasteiger partial charge is 0.246 e. The molecular weight excluding hydrogens is 198 g/mol. The van der Waals surface area contributed by atoms with E-state index in [0.29, 0.717) is 0 Å². The zero-order valence-electron chi connectivity index (χ0n) is 10.2. The average Bonchev–Trinajstić information content (AvgIpc) is 2.31. The van der Waals surface area contributed by atoms with Gasteiger partial charge < -0.3 is 4.90 Å². The number of allylic oxidation sites excluding steroid dienone is 1. The molecule has 1 amide bonds. The van der Waals surface area contributed by atoms with Crippen molar-refractivity contribution >= 4 is 11.5 Å². The van der Waals surface area contributed by atoms with E-state index in [9.17, 15) is 4.79 Å². The van der Waals surface area contributed by atoms with E-state index in [1.165, 1.54) is 0 Å². The fraction of sp³-hybridized carbons (Fsp3) is 0.357. The molecule has 0 fully saturated rings. The van der Waals surface area contributed by atoms with Crippen molar-refractivity contribution in [1.29, 1.82) is 0 Å². The zero-order valence-corrected chi connectivity index (χ0v) is 10.2. The summed E-state index contributed by atoms with van der Waals surface area (Å²) in [6, 6.07) is 9.97. The highest BCUT2D eigenvalue weighted by Gasteiger charge is 2.06. The van der Waals surface area contributed by atoms with Gasteiger partial charge in [-0.3, -0.25) is 4.79 Å². The maximum Gasteiger partial charge on any atom is 0.246 e. The summed E-state index contributed by atoms with van der Waals surface area (Å²) >= 11 is 0. The molecule has 2 nitrogen and oxygen atoms in total. The van der Waals surface area contributed by atoms with Crippen molar-refractivity contribution in [3.05, 3.63) is 42.0 Å². The largest absolute Gasteiger partial charge is 0.340 e. The number of carbonyl (C=O) groups excluding carboxylic acids is 1. The minimum absolute atomic E-state index is 0.0892. The van der Waals surface area contributed by atoms with E-state index in [4.69, 9.17) is 0 Å². The van der Waals surface area contributed by atoms with Gasteiger partial charge in [-0.2, -0.15) is 0 Å². The summed E-state index contributed by atoms with van der Waals surface area (Å²) in [6.07, 6.45) is 1.71. The third-order valence-corrected chi connectivity index (χ3v) is 2.64. The fourth-order valence-electron chi connectivity index (χ4n) is 1.60. The first-order valence-corrected chi connectivity index (χ1v) is 5.71. The molecule has 0 atom stereocenters. The second-order valence-corrected chi connectivity index (χ2v) is 3.70. The van der Waals surface area contributed by atoms with Gasteiger partial charge in [-0.05, 0) is 31.9 Å². The molecule has 0 saturated carbocycles. The monoisotopic (exact) mass is 217 g/mol. The number of amides is 1. The molecule has 0 radical (unpaired) electrons. The van der Waals surface area contributed by atoms with Gasteiger partial charge in [-0.25, -0.2) is 0 Å². The summed E-state index contributed by atoms with van der Waals surface area (Å²) < 4.78 is 0. The van der Waals surface area contributed by atoms with Crippen LogP contribution in [-0.4, -0.2) is 23.9 Å². The van der Waals surface area contributed by atoms with Crippen molar-refractivity contribution in [3.63, 3.8) is 0 Å². The van der Waals surface area contributed by atoms with Crippen LogP contribution in [0.2, 0.25) is 0 Å². The number of benzene rings is 1. The van der Waals surface area contributed by atoms with Crippen molar-refractivity contribution in [2.45, 2.75) is 20.8 Å². The SMILES string of the molecule is CCN(CC)C(=O)/C=C(/C)c1ccccc1. The second-order valence-electron chi connectivity index (χ2n) is 3.70. The third kappa shape index (κ3) is 3.23. The zero-order chi connectivity index (χ0) is 12.0. The van der Waals surface area contributed by atoms with Crippen LogP contribution >= 0.6 is 0 Å². The molecule has 0 unspecified atom stereocenters. The minimum Gasteiger partial charge on any atom is -0.340 e. The fourth-order valence-corrected chi connectivity index (χ4v) is 1.60. The van der Waals surface area contributed by atoms with Gasteiger partial charge in [0.25, 0.3) is 0 Å². The van der Waals surface area contributed by atoms with Gasteiger partial charge in [-0.15, -0.1) is 0 Å². The number of hydrogen-bond acceptors (Lipinski definition) is 1. The lowest BCUT2D eigenvalue weighted by atomic mass is 10.1. The average molecular weight is 217 g/mol. The van der Waals surface area contributed by atoms with Gasteiger partial charge in [0.05, 0.1) is 0 Å². The molecule has 0 heterocycles. The van der Waals surface area contributed by atoms with E-state index >= 15 is 0 Å². The Labute approximate surface area is 97.6 Å². The summed E-state index contributed by atoms with van der Waals surface area (Å²) in [6.45, 7) is 7.47. The van der Waals surface area contributed by atoms with Crippen LogP contribution in [0.4, 0.5) is 0 Å². The maximum atomic E-state index is 11.8. The Bertz CT molecular complexity index is 364. The van der Waals surface area contributed by atoms with Crippen LogP contribution < -0.4 is 0 Å². The van der Waals surface area contributed by atoms with Gasteiger partial charge in [-0.1, -0.05) is 30.3 Å². The molecular formula is C14H19NO. The quantitative estimate of drug-likeness (QED) is 0.710. The normalized spacial score (nSPS) is 11.3. The van der Waals surface area contributed by atoms with E-state index in [1.54, 1.807) is 6.08 Å². The van der Waals surface area contributed by atoms with Crippen molar-refractivity contribution < 1.29 is 4.79 Å². The Morgan fingerprint density at radius 3 is 2.25 bits per heavy atom. The van der Waals surface area contributed by atoms with Gasteiger partial charge in [0, 0.05) is 19.2 Å². The van der Waals surface area contributed by atoms with Crippen molar-refractivity contribution in [3.8, 4) is 0 Å². The summed E-state index contributed by atoms with van der Waals surface area (Å²) in [5.74, 6) is 0.0892. The molecule has 1 rings (SSSR count). The van der Waals surface area contributed by atoms with Crippen molar-refractivity contribution in [2.24, 2.45) is 0 Å². The highest BCUT2D eigenvalue weighted by Crippen LogP contribution is 2.12. The molecule has 16 heavy (non-hydrogen) atoms. The summed E-state index contributed by atoms with van der Waals surface area (Å²) in [7, 11) is 0. The number of hydrogen-bond donors (Lipinski definition) is 0. The molecule has 0 aliphatic rings. The first-order valence-electron chi connectivity index (χ1n) is 5.71. The lowest BCUT2D eigenvalue weighted by Gasteiger charge is -2.16. The number of nitrogens with zero attached hydrogens (tertiary/aromatic N) is 1. The first-order chi connectivity index (χ1) is 7.69. The highest BCUT2D eigenvalue weighted by molar-refractivity contribution is 5.94. The van der Waals surface area contributed by atoms with Gasteiger partial charge in [0.2, 0.25) is 5.91 Å². The molecule has 0 spiro atoms. The van der Waals surface area contributed by atoms with E-state index in [1.807, 2.05) is 56.0 Å². The molecule has 0 aliphatic carbocycles. The molecule has 86 valence electrons. The number of carbonyl (C=O) groups is 1. The maximum absolute atomic E-state index is 11.8. The predicted molar refractivity (Wildman–Crippen MR) is 68.0 cm³/mol. The highest BCUT2D eigenvalue weighted by atomic mass is 16.2. The van der Waals surface area contributed by atoms with Gasteiger partial charge >= 0.3 is 0 Å². The van der Waals surface area contributed by atoms with Crippen LogP contribution in [0.5, 0.6) is 0 Å². The second kappa shape index (κ2) is 6.11. The number of rotatable bonds is 4. The van der Waals surface area contributed by atoms with Crippen molar-refractivity contribution in [1.82, 2.24) is 4.90 Å². The molecule has 0 bridgehead atoms. The van der Waals surface area contributed by atoms with Crippen LogP contribution in [-0.2, 0) is 4.79 Å². The van der Waals surface area contributed by atoms with Crippen molar-refractivity contribution in [2.75, 3.05) is 13.1 Å². The summed E-state index contributed by atoms with van der Waals surface area (Å²) in [4.78, 5) is 13.7. The standard InChI is InChI=1S/C14H19NO/c1-4-15(5-2)14(16)11-12(3)13-9-7-6-8-10-13/h6-11H,4-5H2,1-3H3/b12-11-. The lowest BCUT2D eigenvalue weighted by Crippen LogP contribution is -2.28. The number of likely N-dealkylation sites (N-methyl/N-ethyl adjacent to an activating group) is 1. The van der Waals surface area contributed by atoms with Crippen LogP contribution in [0, 0.1) is 0 Å². The molecule has 1 aromatic carbocycles. The van der Waals surface area contributed by atoms with Crippen LogP contribution in [0.15, 0.2) is 36.4 Å². The van der Waals surface area contributed by atoms with E-state index < -0.39 is 0 Å². The van der Waals surface area contributed by atoms with Crippen LogP contribution in [0.3, 0.4) is 0 Å². The van der Waals surface area contributed by atoms with E-state index in [-0.39, 0.29) is 5.91 Å². The van der Waals surface area contributed by atoms with Crippen LogP contribution in [0.25, 0.3) is 5.57 Å². The predicted octanol–water partition coefficient (Wildman–Crippen LogP) is 2.96. The molecule has 0 aliphatic heterocycles. The third-order valence-electron chi connectivity index (χ3n) is 2.64. The minimum atomic E-state index is 0.0892. The van der Waals surface area contributed by atoms with Gasteiger partial charge in [0.1, 0.15) is 0 Å². The Balaban J connectivity index is 2.81. The molecule has 1 aromatic rings. The Morgan fingerprint density at radius 2 is 1.75 bits per heavy atom. The van der Waals surface area contributed by atoms with E-state index in [2.05, 4.69) is 0 Å². The Kier molecular flexibility index (Phi) is 4.77. The Morgan fingerprint density at radius 1 is 1.19 bits per heavy atom. The first kappa shape index (κ1) is 12.5. The Hall–Kier alpha value is -1.57. The summed E-state index contributed by atoms with van der Waals surface area (Å²) in [5, 5.41) is 0.